The van der Waals surface area contributed by atoms with Crippen molar-refractivity contribution in [2.75, 3.05) is 33.0 Å². The second kappa shape index (κ2) is 7.17. The molecule has 0 aromatic rings. The second-order valence-corrected chi connectivity index (χ2v) is 4.13. The Morgan fingerprint density at radius 3 is 2.53 bits per heavy atom. The van der Waals surface area contributed by atoms with Gasteiger partial charge in [-0.3, -0.25) is 0 Å². The van der Waals surface area contributed by atoms with Crippen LogP contribution in [0.1, 0.15) is 32.1 Å². The molecule has 0 saturated carbocycles. The SMILES string of the molecule is NCC1(OCCCCCO)CCOCC1. The number of aliphatic hydroxyl groups excluding tert-OH is 1. The third kappa shape index (κ3) is 4.47. The third-order valence-electron chi connectivity index (χ3n) is 2.99. The van der Waals surface area contributed by atoms with Gasteiger partial charge in [-0.2, -0.15) is 0 Å². The summed E-state index contributed by atoms with van der Waals surface area (Å²) in [5, 5.41) is 8.63. The molecule has 1 rings (SSSR count). The average Bonchev–Trinajstić information content (AvgIpc) is 2.30. The lowest BCUT2D eigenvalue weighted by Gasteiger charge is -2.36. The summed E-state index contributed by atoms with van der Waals surface area (Å²) in [7, 11) is 0. The monoisotopic (exact) mass is 217 g/mol. The lowest BCUT2D eigenvalue weighted by molar-refractivity contribution is -0.105. The molecule has 1 aliphatic heterocycles. The van der Waals surface area contributed by atoms with Crippen molar-refractivity contribution < 1.29 is 14.6 Å². The molecule has 0 atom stereocenters. The second-order valence-electron chi connectivity index (χ2n) is 4.13. The van der Waals surface area contributed by atoms with Crippen LogP contribution >= 0.6 is 0 Å². The van der Waals surface area contributed by atoms with Crippen LogP contribution in [0.2, 0.25) is 0 Å². The quantitative estimate of drug-likeness (QED) is 0.615. The van der Waals surface area contributed by atoms with Crippen LogP contribution in [0.5, 0.6) is 0 Å². The van der Waals surface area contributed by atoms with Gasteiger partial charge in [0.2, 0.25) is 0 Å². The molecule has 15 heavy (non-hydrogen) atoms. The van der Waals surface area contributed by atoms with Gasteiger partial charge in [0.15, 0.2) is 0 Å². The van der Waals surface area contributed by atoms with Gasteiger partial charge in [0, 0.05) is 45.8 Å². The fourth-order valence-electron chi connectivity index (χ4n) is 1.83. The highest BCUT2D eigenvalue weighted by molar-refractivity contribution is 4.84. The van der Waals surface area contributed by atoms with Gasteiger partial charge in [0.1, 0.15) is 0 Å². The minimum absolute atomic E-state index is 0.141. The Morgan fingerprint density at radius 2 is 1.93 bits per heavy atom. The van der Waals surface area contributed by atoms with E-state index in [9.17, 15) is 0 Å². The summed E-state index contributed by atoms with van der Waals surface area (Å²) in [5.41, 5.74) is 5.62. The molecule has 1 fully saturated rings. The van der Waals surface area contributed by atoms with Crippen LogP contribution in [0.4, 0.5) is 0 Å². The van der Waals surface area contributed by atoms with Gasteiger partial charge in [-0.1, -0.05) is 0 Å². The predicted octanol–water partition coefficient (Wildman–Crippen LogP) is 0.673. The Balaban J connectivity index is 2.15. The minimum atomic E-state index is -0.141. The Morgan fingerprint density at radius 1 is 1.20 bits per heavy atom. The smallest absolute Gasteiger partial charge is 0.0847 e. The number of aliphatic hydroxyl groups is 1. The molecule has 0 amide bonds. The Labute approximate surface area is 91.7 Å². The standard InChI is InChI=1S/C11H23NO3/c12-10-11(4-8-14-9-5-11)15-7-3-1-2-6-13/h13H,1-10,12H2. The zero-order valence-corrected chi connectivity index (χ0v) is 9.41. The highest BCUT2D eigenvalue weighted by Gasteiger charge is 2.31. The maximum absolute atomic E-state index is 8.63. The molecule has 4 heteroatoms. The molecular weight excluding hydrogens is 194 g/mol. The van der Waals surface area contributed by atoms with Crippen molar-refractivity contribution in [1.29, 1.82) is 0 Å². The van der Waals surface area contributed by atoms with Crippen LogP contribution in [-0.4, -0.2) is 43.7 Å². The topological polar surface area (TPSA) is 64.7 Å². The van der Waals surface area contributed by atoms with E-state index in [0.717, 1.165) is 51.9 Å². The van der Waals surface area contributed by atoms with Crippen molar-refractivity contribution >= 4 is 0 Å². The fraction of sp³-hybridized carbons (Fsp3) is 1.00. The van der Waals surface area contributed by atoms with Crippen molar-refractivity contribution in [2.24, 2.45) is 5.73 Å². The van der Waals surface area contributed by atoms with E-state index in [0.29, 0.717) is 6.54 Å². The van der Waals surface area contributed by atoms with Gasteiger partial charge in [0.25, 0.3) is 0 Å². The van der Waals surface area contributed by atoms with Crippen LogP contribution in [0, 0.1) is 0 Å². The molecule has 4 nitrogen and oxygen atoms in total. The molecule has 0 bridgehead atoms. The van der Waals surface area contributed by atoms with E-state index in [-0.39, 0.29) is 12.2 Å². The lowest BCUT2D eigenvalue weighted by atomic mass is 9.94. The normalized spacial score (nSPS) is 20.4. The van der Waals surface area contributed by atoms with Crippen LogP contribution in [0.25, 0.3) is 0 Å². The minimum Gasteiger partial charge on any atom is -0.396 e. The number of rotatable bonds is 7. The first-order valence-corrected chi connectivity index (χ1v) is 5.86. The molecule has 1 aliphatic rings. The van der Waals surface area contributed by atoms with Crippen LogP contribution < -0.4 is 5.73 Å². The maximum Gasteiger partial charge on any atom is 0.0847 e. The summed E-state index contributed by atoms with van der Waals surface area (Å²) < 4.78 is 11.2. The third-order valence-corrected chi connectivity index (χ3v) is 2.99. The summed E-state index contributed by atoms with van der Waals surface area (Å²) >= 11 is 0. The average molecular weight is 217 g/mol. The first kappa shape index (κ1) is 12.9. The molecule has 1 saturated heterocycles. The maximum atomic E-state index is 8.63. The molecule has 0 aromatic carbocycles. The first-order chi connectivity index (χ1) is 7.33. The van der Waals surface area contributed by atoms with Crippen molar-refractivity contribution in [3.8, 4) is 0 Å². The van der Waals surface area contributed by atoms with E-state index in [1.54, 1.807) is 0 Å². The molecule has 0 spiro atoms. The fourth-order valence-corrected chi connectivity index (χ4v) is 1.83. The molecule has 0 radical (unpaired) electrons. The molecule has 3 N–H and O–H groups in total. The molecule has 0 aromatic heterocycles. The van der Waals surface area contributed by atoms with Gasteiger partial charge in [-0.25, -0.2) is 0 Å². The zero-order chi connectivity index (χ0) is 11.0. The van der Waals surface area contributed by atoms with E-state index in [4.69, 9.17) is 20.3 Å². The summed E-state index contributed by atoms with van der Waals surface area (Å²) in [6, 6.07) is 0. The summed E-state index contributed by atoms with van der Waals surface area (Å²) in [6.07, 6.45) is 4.70. The highest BCUT2D eigenvalue weighted by Crippen LogP contribution is 2.24. The number of hydrogen-bond acceptors (Lipinski definition) is 4. The summed E-state index contributed by atoms with van der Waals surface area (Å²) in [5.74, 6) is 0. The van der Waals surface area contributed by atoms with E-state index in [2.05, 4.69) is 0 Å². The Kier molecular flexibility index (Phi) is 6.17. The van der Waals surface area contributed by atoms with Crippen molar-refractivity contribution in [2.45, 2.75) is 37.7 Å². The van der Waals surface area contributed by atoms with Crippen molar-refractivity contribution in [1.82, 2.24) is 0 Å². The lowest BCUT2D eigenvalue weighted by Crippen LogP contribution is -2.45. The van der Waals surface area contributed by atoms with Crippen molar-refractivity contribution in [3.05, 3.63) is 0 Å². The van der Waals surface area contributed by atoms with Gasteiger partial charge < -0.3 is 20.3 Å². The van der Waals surface area contributed by atoms with Crippen LogP contribution in [-0.2, 0) is 9.47 Å². The van der Waals surface area contributed by atoms with Crippen molar-refractivity contribution in [3.63, 3.8) is 0 Å². The Hall–Kier alpha value is -0.160. The van der Waals surface area contributed by atoms with Gasteiger partial charge in [-0.15, -0.1) is 0 Å². The summed E-state index contributed by atoms with van der Waals surface area (Å²) in [4.78, 5) is 0. The van der Waals surface area contributed by atoms with Crippen LogP contribution in [0.3, 0.4) is 0 Å². The highest BCUT2D eigenvalue weighted by atomic mass is 16.5. The van der Waals surface area contributed by atoms with Crippen LogP contribution in [0.15, 0.2) is 0 Å². The molecule has 1 heterocycles. The van der Waals surface area contributed by atoms with Gasteiger partial charge in [0.05, 0.1) is 5.60 Å². The first-order valence-electron chi connectivity index (χ1n) is 5.86. The molecular formula is C11H23NO3. The van der Waals surface area contributed by atoms with E-state index in [1.165, 1.54) is 0 Å². The van der Waals surface area contributed by atoms with E-state index < -0.39 is 0 Å². The summed E-state index contributed by atoms with van der Waals surface area (Å²) in [6.45, 7) is 3.12. The molecule has 90 valence electrons. The van der Waals surface area contributed by atoms with E-state index >= 15 is 0 Å². The Bertz CT molecular complexity index is 158. The van der Waals surface area contributed by atoms with E-state index in [1.807, 2.05) is 0 Å². The number of nitrogens with two attached hydrogens (primary N) is 1. The number of hydrogen-bond donors (Lipinski definition) is 2. The molecule has 0 unspecified atom stereocenters. The zero-order valence-electron chi connectivity index (χ0n) is 9.41. The van der Waals surface area contributed by atoms with Gasteiger partial charge >= 0.3 is 0 Å². The largest absolute Gasteiger partial charge is 0.396 e. The predicted molar refractivity (Wildman–Crippen MR) is 58.7 cm³/mol. The molecule has 0 aliphatic carbocycles. The van der Waals surface area contributed by atoms with Gasteiger partial charge in [-0.05, 0) is 19.3 Å². The number of ether oxygens (including phenoxy) is 2. The number of unbranched alkanes of at least 4 members (excludes halogenated alkanes) is 2.